The molecule has 0 rings (SSSR count). The maximum absolute atomic E-state index is 8.70. The Morgan fingerprint density at radius 1 is 0.643 bits per heavy atom. The van der Waals surface area contributed by atoms with E-state index in [9.17, 15) is 0 Å². The van der Waals surface area contributed by atoms with Crippen LogP contribution < -0.4 is 15.3 Å². The van der Waals surface area contributed by atoms with Gasteiger partial charge in [0.25, 0.3) is 0 Å². The molecule has 6 nitrogen and oxygen atoms in total. The third kappa shape index (κ3) is 2570. The van der Waals surface area contributed by atoms with Crippen LogP contribution >= 0.6 is 0 Å². The van der Waals surface area contributed by atoms with Crippen LogP contribution in [0.5, 0.6) is 0 Å². The first-order valence-electron chi connectivity index (χ1n) is 1.84. The van der Waals surface area contributed by atoms with Crippen molar-refractivity contribution in [2.24, 2.45) is 0 Å². The average molecular weight is 646 g/mol. The molecule has 0 N–H and O–H groups in total. The Bertz CT molecular complexity index is 124. The first-order valence-corrected chi connectivity index (χ1v) is 3.06. The second-order valence-electron chi connectivity index (χ2n) is 0.750. The van der Waals surface area contributed by atoms with Crippen molar-refractivity contribution in [1.29, 1.82) is 0 Å². The number of carbonyl (C=O) groups excluding carboxylic acids is 3. The Kier molecular flexibility index (Phi) is 49.4. The van der Waals surface area contributed by atoms with Crippen LogP contribution in [0.4, 0.5) is 14.4 Å². The van der Waals surface area contributed by atoms with Gasteiger partial charge in [0.2, 0.25) is 0 Å². The van der Waals surface area contributed by atoms with Gasteiger partial charge >= 0.3 is 52.4 Å². The Morgan fingerprint density at radius 3 is 0.643 bits per heavy atom. The van der Waals surface area contributed by atoms with E-state index in [1.54, 1.807) is 0 Å². The molecule has 0 unspecified atom stereocenters. The average Bonchev–Trinajstić information content (AvgIpc) is 1.54. The van der Waals surface area contributed by atoms with Crippen molar-refractivity contribution < 1.29 is 29.7 Å². The van der Waals surface area contributed by atoms with Crippen molar-refractivity contribution in [3.05, 3.63) is 0 Å². The summed E-state index contributed by atoms with van der Waals surface area (Å²) in [6.07, 6.45) is 0. The van der Waals surface area contributed by atoms with Crippen molar-refractivity contribution >= 4 is 106 Å². The fourth-order valence-corrected chi connectivity index (χ4v) is 0. The van der Waals surface area contributed by atoms with Crippen molar-refractivity contribution in [2.45, 2.75) is 0 Å². The van der Waals surface area contributed by atoms with Crippen molar-refractivity contribution in [2.75, 3.05) is 0 Å². The van der Waals surface area contributed by atoms with Gasteiger partial charge in [0.05, 0.1) is 0 Å². The van der Waals surface area contributed by atoms with Crippen LogP contribution in [-0.2, 0) is 37.9 Å². The topological polar surface area (TPSA) is 120 Å². The first kappa shape index (κ1) is 29.4. The summed E-state index contributed by atoms with van der Waals surface area (Å²) in [5.74, 6) is 0. The summed E-state index contributed by atoms with van der Waals surface area (Å²) in [5.41, 5.74) is 0. The Morgan fingerprint density at radius 2 is 0.643 bits per heavy atom. The number of hydrogen-bond acceptors (Lipinski definition) is 9. The third-order valence-electron chi connectivity index (χ3n) is 0. The van der Waals surface area contributed by atoms with Crippen LogP contribution in [0, 0.1) is 0 Å². The van der Waals surface area contributed by atoms with E-state index in [0.29, 0.717) is 0 Å². The predicted molar refractivity (Wildman–Crippen MR) is 49.8 cm³/mol. The molecule has 14 heavy (non-hydrogen) atoms. The smallest absolute Gasteiger partial charge is 0.764 e. The van der Waals surface area contributed by atoms with Crippen LogP contribution in [0.3, 0.4) is 0 Å². The van der Waals surface area contributed by atoms with Crippen molar-refractivity contribution in [1.82, 2.24) is 0 Å². The van der Waals surface area contributed by atoms with E-state index in [-0.39, 0.29) is 52.4 Å². The standard InChI is InChI=1S/3CH2O2S.2Bi/c3*2-1(3)4;;/h3*4H,(H,2,3);;/q;;;2*+3/p-6. The molecule has 0 aromatic rings. The fraction of sp³-hybridized carbons (Fsp3) is 0. The van der Waals surface area contributed by atoms with Gasteiger partial charge in [-0.15, -0.1) is 0 Å². The molecular formula is C3Bi2O6S3. The molecule has 0 saturated heterocycles. The number of carboxylic acid groups (broad SMARTS) is 3. The summed E-state index contributed by atoms with van der Waals surface area (Å²) in [4.78, 5) is 26.1. The molecule has 11 heteroatoms. The fourth-order valence-electron chi connectivity index (χ4n) is 0. The quantitative estimate of drug-likeness (QED) is 0.191. The normalized spacial score (nSPS) is 5.14. The summed E-state index contributed by atoms with van der Waals surface area (Å²) in [6.45, 7) is 0. The molecule has 0 aliphatic rings. The van der Waals surface area contributed by atoms with Gasteiger partial charge in [-0.05, 0) is 0 Å². The van der Waals surface area contributed by atoms with Gasteiger partial charge in [0.15, 0.2) is 0 Å². The third-order valence-corrected chi connectivity index (χ3v) is 0. The van der Waals surface area contributed by atoms with Crippen molar-refractivity contribution in [3.8, 4) is 0 Å². The molecule has 0 spiro atoms. The van der Waals surface area contributed by atoms with Gasteiger partial charge in [0.1, 0.15) is 0 Å². The summed E-state index contributed by atoms with van der Waals surface area (Å²) in [7, 11) is 0. The predicted octanol–water partition coefficient (Wildman–Crippen LogP) is -4.13. The van der Waals surface area contributed by atoms with Crippen LogP contribution in [-0.4, -0.2) is 68.3 Å². The van der Waals surface area contributed by atoms with E-state index in [1.165, 1.54) is 0 Å². The SMILES string of the molecule is O=C([O-])[S-].O=C([O-])[S-].O=C([O-])[S-].[Bi+3].[Bi+3]. The van der Waals surface area contributed by atoms with Gasteiger partial charge in [0, 0.05) is 0 Å². The van der Waals surface area contributed by atoms with E-state index in [4.69, 9.17) is 29.7 Å². The van der Waals surface area contributed by atoms with E-state index in [2.05, 4.69) is 37.9 Å². The summed E-state index contributed by atoms with van der Waals surface area (Å²) < 4.78 is 0. The number of rotatable bonds is 0. The molecule has 0 saturated carbocycles. The number of hydrogen-bond donors (Lipinski definition) is 0. The largest absolute Gasteiger partial charge is 3.00 e. The van der Waals surface area contributed by atoms with Crippen LogP contribution in [0.25, 0.3) is 0 Å². The summed E-state index contributed by atoms with van der Waals surface area (Å²) in [5, 5.41) is 21.6. The van der Waals surface area contributed by atoms with E-state index >= 15 is 0 Å². The van der Waals surface area contributed by atoms with E-state index < -0.39 is 15.9 Å². The van der Waals surface area contributed by atoms with E-state index in [1.807, 2.05) is 0 Å². The zero-order valence-corrected chi connectivity index (χ0v) is 15.5. The summed E-state index contributed by atoms with van der Waals surface area (Å²) in [6, 6.07) is 0. The maximum atomic E-state index is 8.70. The number of carbonyl (C=O) groups is 3. The first-order chi connectivity index (χ1) is 5.20. The minimum absolute atomic E-state index is 0. The van der Waals surface area contributed by atoms with Gasteiger partial charge in [-0.3, -0.25) is 0 Å². The minimum atomic E-state index is -1.50. The Hall–Kier alpha value is 0.836. The maximum Gasteiger partial charge on any atom is 3.00 e. The second-order valence-corrected chi connectivity index (χ2v) is 1.75. The van der Waals surface area contributed by atoms with Gasteiger partial charge in [-0.25, -0.2) is 0 Å². The van der Waals surface area contributed by atoms with Crippen LogP contribution in [0.1, 0.15) is 0 Å². The molecule has 0 atom stereocenters. The molecule has 0 heterocycles. The molecule has 0 aliphatic heterocycles. The monoisotopic (exact) mass is 646 g/mol. The second kappa shape index (κ2) is 23.6. The van der Waals surface area contributed by atoms with Gasteiger partial charge < -0.3 is 67.6 Å². The molecule has 0 aromatic heterocycles. The molecule has 0 fully saturated rings. The zero-order chi connectivity index (χ0) is 10.7. The molecule has 0 aromatic carbocycles. The zero-order valence-electron chi connectivity index (χ0n) is 6.07. The van der Waals surface area contributed by atoms with Crippen molar-refractivity contribution in [3.63, 3.8) is 0 Å². The van der Waals surface area contributed by atoms with Crippen LogP contribution in [0.15, 0.2) is 0 Å². The Labute approximate surface area is 134 Å². The van der Waals surface area contributed by atoms with Crippen LogP contribution in [0.2, 0.25) is 0 Å². The molecular weight excluding hydrogens is 646 g/mol. The minimum Gasteiger partial charge on any atom is -0.764 e. The molecule has 0 bridgehead atoms. The summed E-state index contributed by atoms with van der Waals surface area (Å²) >= 11 is 10.3. The molecule has 0 amide bonds. The van der Waals surface area contributed by atoms with Gasteiger partial charge in [-0.1, -0.05) is 15.9 Å². The molecule has 0 aliphatic carbocycles. The molecule has 4 radical (unpaired) electrons. The molecule has 76 valence electrons. The Balaban J connectivity index is -0.0000000270. The van der Waals surface area contributed by atoms with E-state index in [0.717, 1.165) is 0 Å². The van der Waals surface area contributed by atoms with Gasteiger partial charge in [-0.2, -0.15) is 0 Å².